The van der Waals surface area contributed by atoms with E-state index in [1.165, 1.54) is 0 Å². The Bertz CT molecular complexity index is 557. The van der Waals surface area contributed by atoms with Crippen LogP contribution in [0.3, 0.4) is 0 Å². The van der Waals surface area contributed by atoms with Crippen LogP contribution in [0.15, 0.2) is 29.2 Å². The molecule has 1 unspecified atom stereocenters. The van der Waals surface area contributed by atoms with Gasteiger partial charge < -0.3 is 0 Å². The monoisotopic (exact) mass is 271 g/mol. The lowest BCUT2D eigenvalue weighted by Gasteiger charge is -2.33. The summed E-state index contributed by atoms with van der Waals surface area (Å²) < 4.78 is 26.8. The molecule has 2 rings (SSSR count). The Kier molecular flexibility index (Phi) is 3.18. The van der Waals surface area contributed by atoms with Gasteiger partial charge in [-0.1, -0.05) is 31.5 Å². The molecule has 0 fully saturated rings. The summed E-state index contributed by atoms with van der Waals surface area (Å²) in [6.07, 6.45) is 0. The van der Waals surface area contributed by atoms with Gasteiger partial charge in [0.1, 0.15) is 0 Å². The van der Waals surface area contributed by atoms with E-state index in [2.05, 4.69) is 23.3 Å². The van der Waals surface area contributed by atoms with E-state index in [0.29, 0.717) is 4.90 Å². The topological polar surface area (TPSA) is 46.2 Å². The van der Waals surface area contributed by atoms with Crippen molar-refractivity contribution >= 4 is 26.1 Å². The number of benzene rings is 1. The fourth-order valence-electron chi connectivity index (χ4n) is 1.72. The lowest BCUT2D eigenvalue weighted by molar-refractivity contribution is 0.591. The minimum absolute atomic E-state index is 0.166. The Labute approximate surface area is 105 Å². The molecule has 1 aromatic rings. The molecule has 1 aliphatic rings. The molecule has 1 atom stereocenters. The van der Waals surface area contributed by atoms with Gasteiger partial charge in [-0.05, 0) is 29.8 Å². The first-order chi connectivity index (χ1) is 7.78. The van der Waals surface area contributed by atoms with Gasteiger partial charge >= 0.3 is 0 Å². The third kappa shape index (κ3) is 2.97. The molecule has 0 saturated carbocycles. The van der Waals surface area contributed by atoms with Crippen molar-refractivity contribution in [2.75, 3.05) is 5.75 Å². The fourth-order valence-corrected chi connectivity index (χ4v) is 5.68. The van der Waals surface area contributed by atoms with Crippen LogP contribution in [-0.2, 0) is 10.0 Å². The molecule has 1 heterocycles. The van der Waals surface area contributed by atoms with Crippen molar-refractivity contribution < 1.29 is 8.42 Å². The molecule has 1 N–H and O–H groups in total. The van der Waals surface area contributed by atoms with Crippen molar-refractivity contribution in [2.24, 2.45) is 5.41 Å². The molecule has 0 saturated heterocycles. The summed E-state index contributed by atoms with van der Waals surface area (Å²) in [6, 6.07) is 6.91. The van der Waals surface area contributed by atoms with Gasteiger partial charge in [0.25, 0.3) is 0 Å². The SMILES string of the molecule is Cc1ccc(S(=O)(=O)NS2=CC(C)(C)C2)cc1. The Morgan fingerprint density at radius 3 is 2.24 bits per heavy atom. The van der Waals surface area contributed by atoms with Gasteiger partial charge in [0.2, 0.25) is 10.0 Å². The van der Waals surface area contributed by atoms with Crippen molar-refractivity contribution in [3.63, 3.8) is 0 Å². The summed E-state index contributed by atoms with van der Waals surface area (Å²) in [7, 11) is -3.66. The van der Waals surface area contributed by atoms with Gasteiger partial charge in [0, 0.05) is 5.75 Å². The minimum Gasteiger partial charge on any atom is -0.206 e. The second-order valence-corrected chi connectivity index (χ2v) is 8.61. The first kappa shape index (κ1) is 12.8. The van der Waals surface area contributed by atoms with Crippen molar-refractivity contribution in [1.29, 1.82) is 0 Å². The van der Waals surface area contributed by atoms with Gasteiger partial charge in [0.15, 0.2) is 0 Å². The second-order valence-electron chi connectivity index (χ2n) is 5.08. The van der Waals surface area contributed by atoms with Crippen molar-refractivity contribution in [2.45, 2.75) is 25.7 Å². The average molecular weight is 271 g/mol. The molecule has 0 aromatic heterocycles. The highest BCUT2D eigenvalue weighted by atomic mass is 32.3. The van der Waals surface area contributed by atoms with Crippen LogP contribution in [0, 0.1) is 12.3 Å². The van der Waals surface area contributed by atoms with E-state index in [0.717, 1.165) is 11.3 Å². The Balaban J connectivity index is 2.18. The van der Waals surface area contributed by atoms with Crippen LogP contribution in [0.2, 0.25) is 0 Å². The van der Waals surface area contributed by atoms with Crippen LogP contribution in [0.5, 0.6) is 0 Å². The maximum absolute atomic E-state index is 12.0. The molecule has 0 bridgehead atoms. The number of hydrogen-bond acceptors (Lipinski definition) is 2. The zero-order chi connectivity index (χ0) is 12.7. The standard InChI is InChI=1S/C12H17NO2S2/c1-10-4-6-11(7-5-10)17(14,15)13-16-8-12(2,3)9-16/h4-8,13H,9H2,1-3H3. The molecule has 0 spiro atoms. The van der Waals surface area contributed by atoms with E-state index >= 15 is 0 Å². The summed E-state index contributed by atoms with van der Waals surface area (Å²) >= 11 is 0. The van der Waals surface area contributed by atoms with Crippen LogP contribution < -0.4 is 4.13 Å². The van der Waals surface area contributed by atoms with Crippen LogP contribution in [-0.4, -0.2) is 19.5 Å². The second kappa shape index (κ2) is 4.23. The Morgan fingerprint density at radius 1 is 1.24 bits per heavy atom. The van der Waals surface area contributed by atoms with E-state index < -0.39 is 10.0 Å². The van der Waals surface area contributed by atoms with E-state index in [1.807, 2.05) is 19.1 Å². The van der Waals surface area contributed by atoms with Crippen molar-refractivity contribution in [1.82, 2.24) is 4.13 Å². The van der Waals surface area contributed by atoms with E-state index in [1.54, 1.807) is 12.1 Å². The summed E-state index contributed by atoms with van der Waals surface area (Å²) in [6.45, 7) is 6.15. The van der Waals surface area contributed by atoms with Crippen molar-refractivity contribution in [3.8, 4) is 0 Å². The van der Waals surface area contributed by atoms with Crippen molar-refractivity contribution in [3.05, 3.63) is 29.8 Å². The van der Waals surface area contributed by atoms with Crippen LogP contribution >= 0.6 is 10.7 Å². The lowest BCUT2D eigenvalue weighted by atomic mass is 10.00. The third-order valence-corrected chi connectivity index (χ3v) is 7.14. The first-order valence-corrected chi connectivity index (χ1v) is 8.37. The first-order valence-electron chi connectivity index (χ1n) is 5.43. The highest BCUT2D eigenvalue weighted by molar-refractivity contribution is 8.21. The molecule has 5 heteroatoms. The number of nitrogens with one attached hydrogen (secondary N) is 1. The summed E-state index contributed by atoms with van der Waals surface area (Å²) in [4.78, 5) is 0.341. The van der Waals surface area contributed by atoms with Crippen LogP contribution in [0.1, 0.15) is 19.4 Å². The number of rotatable bonds is 3. The molecule has 3 nitrogen and oxygen atoms in total. The van der Waals surface area contributed by atoms with E-state index in [9.17, 15) is 8.42 Å². The minimum atomic E-state index is -3.36. The maximum atomic E-state index is 12.0. The molecular formula is C12H17NO2S2. The van der Waals surface area contributed by atoms with Gasteiger partial charge in [-0.3, -0.25) is 0 Å². The number of aryl methyl sites for hydroxylation is 1. The molecule has 0 amide bonds. The number of sulfonamides is 1. The lowest BCUT2D eigenvalue weighted by Crippen LogP contribution is -2.34. The predicted octanol–water partition coefficient (Wildman–Crippen LogP) is 2.30. The van der Waals surface area contributed by atoms with Crippen LogP contribution in [0.4, 0.5) is 0 Å². The Hall–Kier alpha value is -0.650. The number of hydrogen-bond donors (Lipinski definition) is 1. The largest absolute Gasteiger partial charge is 0.249 e. The van der Waals surface area contributed by atoms with Gasteiger partial charge in [-0.15, -0.1) is 10.7 Å². The van der Waals surface area contributed by atoms with Crippen LogP contribution in [0.25, 0.3) is 0 Å². The summed E-state index contributed by atoms with van der Waals surface area (Å²) in [5, 5.41) is 2.07. The average Bonchev–Trinajstić information content (AvgIpc) is 2.14. The zero-order valence-electron chi connectivity index (χ0n) is 10.2. The normalized spacial score (nSPS) is 22.6. The highest BCUT2D eigenvalue weighted by Crippen LogP contribution is 2.35. The quantitative estimate of drug-likeness (QED) is 0.857. The molecule has 1 aromatic carbocycles. The summed E-state index contributed by atoms with van der Waals surface area (Å²) in [5.41, 5.74) is 1.22. The molecule has 94 valence electrons. The van der Waals surface area contributed by atoms with E-state index in [-0.39, 0.29) is 16.1 Å². The molecule has 1 aliphatic heterocycles. The summed E-state index contributed by atoms with van der Waals surface area (Å²) in [5.74, 6) is 0.887. The highest BCUT2D eigenvalue weighted by Gasteiger charge is 2.29. The Morgan fingerprint density at radius 2 is 1.76 bits per heavy atom. The van der Waals surface area contributed by atoms with E-state index in [4.69, 9.17) is 0 Å². The fraction of sp³-hybridized carbons (Fsp3) is 0.417. The smallest absolute Gasteiger partial charge is 0.206 e. The van der Waals surface area contributed by atoms with Gasteiger partial charge in [-0.25, -0.2) is 8.42 Å². The molecule has 0 radical (unpaired) electrons. The molecular weight excluding hydrogens is 254 g/mol. The third-order valence-electron chi connectivity index (χ3n) is 2.54. The molecule has 17 heavy (non-hydrogen) atoms. The van der Waals surface area contributed by atoms with Gasteiger partial charge in [0.05, 0.1) is 4.90 Å². The predicted molar refractivity (Wildman–Crippen MR) is 73.8 cm³/mol. The maximum Gasteiger partial charge on any atom is 0.249 e. The molecule has 0 aliphatic carbocycles. The van der Waals surface area contributed by atoms with Gasteiger partial charge in [-0.2, -0.15) is 4.13 Å². The zero-order valence-corrected chi connectivity index (χ0v) is 11.9.